The third-order valence-electron chi connectivity index (χ3n) is 3.06. The first-order valence-electron chi connectivity index (χ1n) is 6.23. The third kappa shape index (κ3) is 2.40. The number of anilines is 1. The molecule has 1 N–H and O–H groups in total. The van der Waals surface area contributed by atoms with E-state index in [2.05, 4.69) is 5.32 Å². The van der Waals surface area contributed by atoms with E-state index >= 15 is 0 Å². The zero-order chi connectivity index (χ0) is 13.9. The Morgan fingerprint density at radius 2 is 1.90 bits per heavy atom. The molecule has 3 rings (SSSR count). The van der Waals surface area contributed by atoms with Crippen LogP contribution in [0.5, 0.6) is 0 Å². The smallest absolute Gasteiger partial charge is 0.197 e. The van der Waals surface area contributed by atoms with Crippen molar-refractivity contribution >= 4 is 16.7 Å². The zero-order valence-electron chi connectivity index (χ0n) is 10.6. The first kappa shape index (κ1) is 12.4. The lowest BCUT2D eigenvalue weighted by atomic mass is 10.1. The zero-order valence-corrected chi connectivity index (χ0v) is 10.6. The molecule has 0 bridgehead atoms. The molecule has 4 heteroatoms. The number of halogens is 1. The highest BCUT2D eigenvalue weighted by atomic mass is 19.1. The molecule has 1 heterocycles. The van der Waals surface area contributed by atoms with Gasteiger partial charge in [-0.3, -0.25) is 4.79 Å². The number of benzene rings is 2. The molecule has 100 valence electrons. The highest BCUT2D eigenvalue weighted by molar-refractivity contribution is 5.76. The van der Waals surface area contributed by atoms with E-state index in [1.165, 1.54) is 24.5 Å². The summed E-state index contributed by atoms with van der Waals surface area (Å²) in [5.74, 6) is -0.446. The molecule has 0 saturated carbocycles. The van der Waals surface area contributed by atoms with Gasteiger partial charge in [-0.25, -0.2) is 4.39 Å². The van der Waals surface area contributed by atoms with Gasteiger partial charge >= 0.3 is 0 Å². The lowest BCUT2D eigenvalue weighted by Gasteiger charge is -2.06. The van der Waals surface area contributed by atoms with Crippen molar-refractivity contribution < 1.29 is 8.81 Å². The molecule has 0 radical (unpaired) electrons. The fourth-order valence-corrected chi connectivity index (χ4v) is 2.02. The molecule has 0 unspecified atom stereocenters. The highest BCUT2D eigenvalue weighted by Gasteiger charge is 2.07. The normalized spacial score (nSPS) is 10.7. The van der Waals surface area contributed by atoms with Gasteiger partial charge in [-0.2, -0.15) is 0 Å². The van der Waals surface area contributed by atoms with Gasteiger partial charge in [0.2, 0.25) is 0 Å². The van der Waals surface area contributed by atoms with Gasteiger partial charge in [-0.1, -0.05) is 18.2 Å². The van der Waals surface area contributed by atoms with E-state index in [4.69, 9.17) is 4.42 Å². The van der Waals surface area contributed by atoms with Gasteiger partial charge < -0.3 is 9.73 Å². The molecule has 20 heavy (non-hydrogen) atoms. The maximum absolute atomic E-state index is 13.2. The van der Waals surface area contributed by atoms with Crippen molar-refractivity contribution in [2.24, 2.45) is 0 Å². The van der Waals surface area contributed by atoms with Crippen LogP contribution in [-0.2, 0) is 6.54 Å². The van der Waals surface area contributed by atoms with E-state index in [-0.39, 0.29) is 10.8 Å². The largest absolute Gasteiger partial charge is 0.464 e. The van der Waals surface area contributed by atoms with Gasteiger partial charge in [0.05, 0.1) is 17.2 Å². The number of rotatable bonds is 3. The van der Waals surface area contributed by atoms with Crippen LogP contribution in [0.1, 0.15) is 5.56 Å². The average molecular weight is 269 g/mol. The summed E-state index contributed by atoms with van der Waals surface area (Å²) in [6.45, 7) is 0.332. The molecule has 0 aliphatic carbocycles. The molecule has 2 aromatic carbocycles. The first-order chi connectivity index (χ1) is 9.74. The summed E-state index contributed by atoms with van der Waals surface area (Å²) < 4.78 is 18.6. The molecule has 0 aliphatic rings. The van der Waals surface area contributed by atoms with E-state index in [0.29, 0.717) is 17.7 Å². The molecule has 3 nitrogen and oxygen atoms in total. The molecule has 0 spiro atoms. The Morgan fingerprint density at radius 1 is 1.10 bits per heavy atom. The van der Waals surface area contributed by atoms with Crippen LogP contribution < -0.4 is 10.7 Å². The van der Waals surface area contributed by atoms with Crippen LogP contribution in [-0.4, -0.2) is 0 Å². The second-order valence-electron chi connectivity index (χ2n) is 4.45. The third-order valence-corrected chi connectivity index (χ3v) is 3.06. The molecule has 0 amide bonds. The Bertz CT molecular complexity index is 796. The minimum absolute atomic E-state index is 0.214. The summed E-state index contributed by atoms with van der Waals surface area (Å²) in [4.78, 5) is 12.2. The number of para-hydroxylation sites is 1. The van der Waals surface area contributed by atoms with Crippen molar-refractivity contribution in [2.75, 3.05) is 5.32 Å². The van der Waals surface area contributed by atoms with E-state index in [0.717, 1.165) is 5.69 Å². The van der Waals surface area contributed by atoms with Crippen LogP contribution >= 0.6 is 0 Å². The van der Waals surface area contributed by atoms with Crippen LogP contribution in [0.2, 0.25) is 0 Å². The standard InChI is InChI=1S/C16H12FNO2/c17-12-6-7-15-14(8-12)16(19)11(10-20-15)9-18-13-4-2-1-3-5-13/h1-8,10,18H,9H2. The number of hydrogen-bond donors (Lipinski definition) is 1. The van der Waals surface area contributed by atoms with Crippen LogP contribution in [0, 0.1) is 5.82 Å². The van der Waals surface area contributed by atoms with Gasteiger partial charge in [0, 0.05) is 12.2 Å². The van der Waals surface area contributed by atoms with Gasteiger partial charge in [0.25, 0.3) is 0 Å². The summed E-state index contributed by atoms with van der Waals surface area (Å²) in [6, 6.07) is 13.5. The second-order valence-corrected chi connectivity index (χ2v) is 4.45. The highest BCUT2D eigenvalue weighted by Crippen LogP contribution is 2.14. The molecular formula is C16H12FNO2. The maximum Gasteiger partial charge on any atom is 0.197 e. The Morgan fingerprint density at radius 3 is 2.70 bits per heavy atom. The number of fused-ring (bicyclic) bond motifs is 1. The summed E-state index contributed by atoms with van der Waals surface area (Å²) in [7, 11) is 0. The fraction of sp³-hybridized carbons (Fsp3) is 0.0625. The molecule has 0 atom stereocenters. The monoisotopic (exact) mass is 269 g/mol. The van der Waals surface area contributed by atoms with Gasteiger partial charge in [0.15, 0.2) is 5.43 Å². The SMILES string of the molecule is O=c1c(CNc2ccccc2)coc2ccc(F)cc12. The van der Waals surface area contributed by atoms with Crippen LogP contribution in [0.3, 0.4) is 0 Å². The van der Waals surface area contributed by atoms with Crippen molar-refractivity contribution in [3.8, 4) is 0 Å². The first-order valence-corrected chi connectivity index (χ1v) is 6.23. The Hall–Kier alpha value is -2.62. The predicted octanol–water partition coefficient (Wildman–Crippen LogP) is 3.54. The van der Waals surface area contributed by atoms with E-state index in [1.54, 1.807) is 0 Å². The second kappa shape index (κ2) is 5.17. The molecule has 0 aliphatic heterocycles. The molecule has 3 aromatic rings. The van der Waals surface area contributed by atoms with Crippen molar-refractivity contribution in [1.29, 1.82) is 0 Å². The fourth-order valence-electron chi connectivity index (χ4n) is 2.02. The lowest BCUT2D eigenvalue weighted by molar-refractivity contribution is 0.589. The predicted molar refractivity (Wildman–Crippen MR) is 76.2 cm³/mol. The Balaban J connectivity index is 1.92. The molecule has 1 aromatic heterocycles. The topological polar surface area (TPSA) is 42.2 Å². The summed E-state index contributed by atoms with van der Waals surface area (Å²) in [6.07, 6.45) is 1.42. The Labute approximate surface area is 114 Å². The summed E-state index contributed by atoms with van der Waals surface area (Å²) in [5.41, 5.74) is 1.55. The van der Waals surface area contributed by atoms with Gasteiger partial charge in [-0.05, 0) is 30.3 Å². The van der Waals surface area contributed by atoms with Crippen LogP contribution in [0.15, 0.2) is 64.0 Å². The molecule has 0 saturated heterocycles. The number of nitrogens with one attached hydrogen (secondary N) is 1. The Kier molecular flexibility index (Phi) is 3.21. The average Bonchev–Trinajstić information content (AvgIpc) is 2.48. The minimum Gasteiger partial charge on any atom is -0.464 e. The quantitative estimate of drug-likeness (QED) is 0.790. The lowest BCUT2D eigenvalue weighted by Crippen LogP contribution is -2.13. The molecule has 0 fully saturated rings. The van der Waals surface area contributed by atoms with Crippen LogP contribution in [0.25, 0.3) is 11.0 Å². The van der Waals surface area contributed by atoms with E-state index in [1.807, 2.05) is 30.3 Å². The summed E-state index contributed by atoms with van der Waals surface area (Å²) >= 11 is 0. The maximum atomic E-state index is 13.2. The van der Waals surface area contributed by atoms with Crippen molar-refractivity contribution in [3.63, 3.8) is 0 Å². The van der Waals surface area contributed by atoms with Crippen LogP contribution in [0.4, 0.5) is 10.1 Å². The molecular weight excluding hydrogens is 257 g/mol. The van der Waals surface area contributed by atoms with Crippen molar-refractivity contribution in [1.82, 2.24) is 0 Å². The number of hydrogen-bond acceptors (Lipinski definition) is 3. The summed E-state index contributed by atoms with van der Waals surface area (Å²) in [5, 5.41) is 3.39. The van der Waals surface area contributed by atoms with Gasteiger partial charge in [0.1, 0.15) is 11.4 Å². The van der Waals surface area contributed by atoms with Crippen molar-refractivity contribution in [3.05, 3.63) is 76.4 Å². The van der Waals surface area contributed by atoms with E-state index < -0.39 is 5.82 Å². The van der Waals surface area contributed by atoms with E-state index in [9.17, 15) is 9.18 Å². The van der Waals surface area contributed by atoms with Gasteiger partial charge in [-0.15, -0.1) is 0 Å². The minimum atomic E-state index is -0.446. The van der Waals surface area contributed by atoms with Crippen molar-refractivity contribution in [2.45, 2.75) is 6.54 Å².